The van der Waals surface area contributed by atoms with Crippen LogP contribution in [0.1, 0.15) is 35.6 Å². The molecule has 0 spiro atoms. The number of piperidine rings is 1. The van der Waals surface area contributed by atoms with Gasteiger partial charge in [-0.05, 0) is 72.9 Å². The predicted octanol–water partition coefficient (Wildman–Crippen LogP) is 4.01. The molecule has 1 aromatic heterocycles. The van der Waals surface area contributed by atoms with Crippen molar-refractivity contribution in [3.8, 4) is 0 Å². The smallest absolute Gasteiger partial charge is 0.0473 e. The molecule has 0 bridgehead atoms. The number of hydrogen-bond donors (Lipinski definition) is 2. The molecule has 1 aliphatic rings. The van der Waals surface area contributed by atoms with Crippen LogP contribution in [0.15, 0.2) is 16.6 Å². The van der Waals surface area contributed by atoms with Crippen molar-refractivity contribution in [2.75, 3.05) is 13.1 Å². The van der Waals surface area contributed by atoms with Gasteiger partial charge in [-0.15, -0.1) is 0 Å². The highest BCUT2D eigenvalue weighted by Crippen LogP contribution is 2.37. The molecule has 96 valence electrons. The van der Waals surface area contributed by atoms with Gasteiger partial charge in [0.05, 0.1) is 0 Å². The van der Waals surface area contributed by atoms with Crippen molar-refractivity contribution >= 4 is 26.8 Å². The SMILES string of the molecule is Cc1cc(C)c2c(Br)c(C3CCNCC3)[nH]c2c1. The van der Waals surface area contributed by atoms with Crippen molar-refractivity contribution in [2.24, 2.45) is 0 Å². The zero-order valence-corrected chi connectivity index (χ0v) is 12.5. The average molecular weight is 307 g/mol. The molecular formula is C15H19BrN2. The largest absolute Gasteiger partial charge is 0.357 e. The van der Waals surface area contributed by atoms with Crippen LogP contribution in [0, 0.1) is 13.8 Å². The first-order valence-corrected chi connectivity index (χ1v) is 7.45. The first-order valence-electron chi connectivity index (χ1n) is 6.66. The maximum absolute atomic E-state index is 3.81. The fourth-order valence-corrected chi connectivity index (χ4v) is 4.03. The van der Waals surface area contributed by atoms with Gasteiger partial charge in [0.1, 0.15) is 0 Å². The molecule has 3 heteroatoms. The topological polar surface area (TPSA) is 27.8 Å². The summed E-state index contributed by atoms with van der Waals surface area (Å²) in [5.41, 5.74) is 5.34. The van der Waals surface area contributed by atoms with E-state index in [-0.39, 0.29) is 0 Å². The molecule has 18 heavy (non-hydrogen) atoms. The normalized spacial score (nSPS) is 17.5. The summed E-state index contributed by atoms with van der Waals surface area (Å²) in [7, 11) is 0. The van der Waals surface area contributed by atoms with Crippen molar-refractivity contribution < 1.29 is 0 Å². The molecule has 1 saturated heterocycles. The maximum atomic E-state index is 3.81. The van der Waals surface area contributed by atoms with E-state index in [1.807, 2.05) is 0 Å². The van der Waals surface area contributed by atoms with Crippen molar-refractivity contribution in [3.05, 3.63) is 33.4 Å². The zero-order valence-electron chi connectivity index (χ0n) is 10.9. The Hall–Kier alpha value is -0.800. The van der Waals surface area contributed by atoms with Gasteiger partial charge in [-0.25, -0.2) is 0 Å². The van der Waals surface area contributed by atoms with Crippen molar-refractivity contribution in [1.29, 1.82) is 0 Å². The monoisotopic (exact) mass is 306 g/mol. The summed E-state index contributed by atoms with van der Waals surface area (Å²) >= 11 is 3.81. The summed E-state index contributed by atoms with van der Waals surface area (Å²) in [6, 6.07) is 4.50. The van der Waals surface area contributed by atoms with E-state index in [2.05, 4.69) is 52.2 Å². The van der Waals surface area contributed by atoms with Gasteiger partial charge in [-0.1, -0.05) is 6.07 Å². The molecule has 2 N–H and O–H groups in total. The average Bonchev–Trinajstić information content (AvgIpc) is 2.67. The van der Waals surface area contributed by atoms with Crippen LogP contribution >= 0.6 is 15.9 Å². The lowest BCUT2D eigenvalue weighted by molar-refractivity contribution is 0.454. The lowest BCUT2D eigenvalue weighted by Crippen LogP contribution is -2.26. The Morgan fingerprint density at radius 2 is 1.89 bits per heavy atom. The highest BCUT2D eigenvalue weighted by molar-refractivity contribution is 9.10. The number of H-pyrrole nitrogens is 1. The van der Waals surface area contributed by atoms with Crippen molar-refractivity contribution in [1.82, 2.24) is 10.3 Å². The van der Waals surface area contributed by atoms with Gasteiger partial charge in [0.25, 0.3) is 0 Å². The van der Waals surface area contributed by atoms with Crippen LogP contribution in [0.3, 0.4) is 0 Å². The number of nitrogens with one attached hydrogen (secondary N) is 2. The Bertz CT molecular complexity index is 580. The molecule has 0 radical (unpaired) electrons. The number of hydrogen-bond acceptors (Lipinski definition) is 1. The standard InChI is InChI=1S/C15H19BrN2/c1-9-7-10(2)13-12(8-9)18-15(14(13)16)11-3-5-17-6-4-11/h7-8,11,17-18H,3-6H2,1-2H3. The Morgan fingerprint density at radius 1 is 1.17 bits per heavy atom. The third kappa shape index (κ3) is 1.99. The number of aryl methyl sites for hydroxylation is 2. The predicted molar refractivity (Wildman–Crippen MR) is 80.3 cm³/mol. The fraction of sp³-hybridized carbons (Fsp3) is 0.467. The lowest BCUT2D eigenvalue weighted by Gasteiger charge is -2.22. The van der Waals surface area contributed by atoms with E-state index in [1.165, 1.54) is 45.0 Å². The quantitative estimate of drug-likeness (QED) is 0.818. The van der Waals surface area contributed by atoms with Gasteiger partial charge >= 0.3 is 0 Å². The molecule has 0 unspecified atom stereocenters. The van der Waals surface area contributed by atoms with Gasteiger partial charge in [0.2, 0.25) is 0 Å². The van der Waals surface area contributed by atoms with E-state index in [0.717, 1.165) is 13.1 Å². The van der Waals surface area contributed by atoms with Crippen molar-refractivity contribution in [2.45, 2.75) is 32.6 Å². The minimum Gasteiger partial charge on any atom is -0.357 e. The zero-order chi connectivity index (χ0) is 12.7. The maximum Gasteiger partial charge on any atom is 0.0473 e. The first-order chi connectivity index (χ1) is 8.66. The van der Waals surface area contributed by atoms with E-state index in [9.17, 15) is 0 Å². The highest BCUT2D eigenvalue weighted by Gasteiger charge is 2.21. The molecule has 1 aliphatic heterocycles. The molecular weight excluding hydrogens is 288 g/mol. The van der Waals surface area contributed by atoms with Gasteiger partial charge in [-0.3, -0.25) is 0 Å². The molecule has 0 aliphatic carbocycles. The van der Waals surface area contributed by atoms with Crippen LogP contribution in [-0.2, 0) is 0 Å². The van der Waals surface area contributed by atoms with Crippen LogP contribution in [0.2, 0.25) is 0 Å². The lowest BCUT2D eigenvalue weighted by atomic mass is 9.94. The molecule has 0 amide bonds. The van der Waals surface area contributed by atoms with Crippen LogP contribution < -0.4 is 5.32 Å². The second-order valence-electron chi connectivity index (χ2n) is 5.38. The number of rotatable bonds is 1. The molecule has 1 aromatic carbocycles. The Kier molecular flexibility index (Phi) is 3.20. The van der Waals surface area contributed by atoms with Crippen LogP contribution in [0.5, 0.6) is 0 Å². The second kappa shape index (κ2) is 4.71. The van der Waals surface area contributed by atoms with Gasteiger partial charge in [-0.2, -0.15) is 0 Å². The number of aromatic nitrogens is 1. The van der Waals surface area contributed by atoms with E-state index >= 15 is 0 Å². The van der Waals surface area contributed by atoms with Gasteiger partial charge in [0, 0.05) is 27.0 Å². The van der Waals surface area contributed by atoms with Gasteiger partial charge < -0.3 is 10.3 Å². The summed E-state index contributed by atoms with van der Waals surface area (Å²) in [6.07, 6.45) is 2.45. The fourth-order valence-electron chi connectivity index (χ4n) is 3.08. The molecule has 0 saturated carbocycles. The number of aromatic amines is 1. The molecule has 2 heterocycles. The Morgan fingerprint density at radius 3 is 2.61 bits per heavy atom. The summed E-state index contributed by atoms with van der Waals surface area (Å²) < 4.78 is 1.28. The van der Waals surface area contributed by atoms with Crippen LogP contribution in [-0.4, -0.2) is 18.1 Å². The molecule has 0 atom stereocenters. The molecule has 3 rings (SSSR count). The number of halogens is 1. The molecule has 2 aromatic rings. The van der Waals surface area contributed by atoms with E-state index in [4.69, 9.17) is 0 Å². The highest BCUT2D eigenvalue weighted by atomic mass is 79.9. The van der Waals surface area contributed by atoms with Crippen LogP contribution in [0.25, 0.3) is 10.9 Å². The Balaban J connectivity index is 2.13. The third-order valence-electron chi connectivity index (χ3n) is 3.95. The minimum atomic E-state index is 0.660. The third-order valence-corrected chi connectivity index (χ3v) is 4.78. The first kappa shape index (κ1) is 12.2. The van der Waals surface area contributed by atoms with Crippen molar-refractivity contribution in [3.63, 3.8) is 0 Å². The number of benzene rings is 1. The van der Waals surface area contributed by atoms with E-state index in [1.54, 1.807) is 0 Å². The summed E-state index contributed by atoms with van der Waals surface area (Å²) in [5, 5.41) is 4.78. The summed E-state index contributed by atoms with van der Waals surface area (Å²) in [4.78, 5) is 3.64. The summed E-state index contributed by atoms with van der Waals surface area (Å²) in [5.74, 6) is 0.660. The van der Waals surface area contributed by atoms with E-state index in [0.29, 0.717) is 5.92 Å². The summed E-state index contributed by atoms with van der Waals surface area (Å²) in [6.45, 7) is 6.61. The minimum absolute atomic E-state index is 0.660. The molecule has 2 nitrogen and oxygen atoms in total. The molecule has 1 fully saturated rings. The van der Waals surface area contributed by atoms with Crippen LogP contribution in [0.4, 0.5) is 0 Å². The van der Waals surface area contributed by atoms with E-state index < -0.39 is 0 Å². The number of fused-ring (bicyclic) bond motifs is 1. The Labute approximate surface area is 116 Å². The van der Waals surface area contributed by atoms with Gasteiger partial charge in [0.15, 0.2) is 0 Å². The second-order valence-corrected chi connectivity index (χ2v) is 6.17.